The standard InChI is InChI=1S/C13H15F4N3O/c1-2-20(6-8-7-21-12(18)19-8)9-3-4-10(11(14)5-9)13(15,16)17/h3-5,8H,2,6-7H2,1H3,(H2,18,19). The zero-order chi connectivity index (χ0) is 15.6. The third-order valence-electron chi connectivity index (χ3n) is 3.17. The highest BCUT2D eigenvalue weighted by Gasteiger charge is 2.34. The molecule has 1 unspecified atom stereocenters. The molecule has 1 aromatic rings. The largest absolute Gasteiger partial charge is 0.463 e. The van der Waals surface area contributed by atoms with E-state index in [9.17, 15) is 17.6 Å². The molecule has 1 atom stereocenters. The number of likely N-dealkylation sites (N-methyl/N-ethyl adjacent to an activating group) is 1. The van der Waals surface area contributed by atoms with E-state index in [-0.39, 0.29) is 12.1 Å². The van der Waals surface area contributed by atoms with Crippen molar-refractivity contribution in [3.63, 3.8) is 0 Å². The van der Waals surface area contributed by atoms with Crippen LogP contribution < -0.4 is 10.6 Å². The Kier molecular flexibility index (Phi) is 4.24. The fraction of sp³-hybridized carbons (Fsp3) is 0.462. The predicted octanol–water partition coefficient (Wildman–Crippen LogP) is 2.38. The minimum atomic E-state index is -4.70. The molecule has 8 heteroatoms. The van der Waals surface area contributed by atoms with E-state index in [4.69, 9.17) is 10.5 Å². The zero-order valence-corrected chi connectivity index (χ0v) is 11.3. The minimum absolute atomic E-state index is 0.0923. The van der Waals surface area contributed by atoms with Crippen LogP contribution in [0.5, 0.6) is 0 Å². The van der Waals surface area contributed by atoms with Gasteiger partial charge in [-0.1, -0.05) is 0 Å². The third kappa shape index (κ3) is 3.56. The minimum Gasteiger partial charge on any atom is -0.463 e. The number of nitrogens with two attached hydrogens (primary N) is 1. The van der Waals surface area contributed by atoms with E-state index in [1.807, 2.05) is 6.92 Å². The van der Waals surface area contributed by atoms with E-state index in [0.717, 1.165) is 12.1 Å². The summed E-state index contributed by atoms with van der Waals surface area (Å²) in [7, 11) is 0. The third-order valence-corrected chi connectivity index (χ3v) is 3.17. The van der Waals surface area contributed by atoms with Crippen LogP contribution in [-0.4, -0.2) is 31.8 Å². The van der Waals surface area contributed by atoms with Crippen molar-refractivity contribution in [2.75, 3.05) is 24.6 Å². The van der Waals surface area contributed by atoms with Gasteiger partial charge in [-0.25, -0.2) is 9.38 Å². The van der Waals surface area contributed by atoms with Gasteiger partial charge in [0.1, 0.15) is 18.5 Å². The maximum Gasteiger partial charge on any atom is 0.419 e. The average molecular weight is 305 g/mol. The van der Waals surface area contributed by atoms with Crippen LogP contribution in [0.15, 0.2) is 23.2 Å². The first-order chi connectivity index (χ1) is 9.81. The molecule has 0 aromatic heterocycles. The van der Waals surface area contributed by atoms with Gasteiger partial charge in [0.05, 0.1) is 5.56 Å². The first-order valence-corrected chi connectivity index (χ1v) is 6.39. The number of amidine groups is 1. The molecule has 0 saturated heterocycles. The highest BCUT2D eigenvalue weighted by molar-refractivity contribution is 5.73. The summed E-state index contributed by atoms with van der Waals surface area (Å²) in [5, 5.41) is 0. The molecular formula is C13H15F4N3O. The SMILES string of the molecule is CCN(CC1COC(N)=N1)c1ccc(C(F)(F)F)c(F)c1. The Morgan fingerprint density at radius 3 is 2.62 bits per heavy atom. The number of alkyl halides is 3. The highest BCUT2D eigenvalue weighted by atomic mass is 19.4. The average Bonchev–Trinajstić information content (AvgIpc) is 2.80. The van der Waals surface area contributed by atoms with Crippen LogP contribution in [0.2, 0.25) is 0 Å². The van der Waals surface area contributed by atoms with Crippen molar-refractivity contribution in [1.82, 2.24) is 0 Å². The predicted molar refractivity (Wildman–Crippen MR) is 70.7 cm³/mol. The van der Waals surface area contributed by atoms with Crippen LogP contribution in [0.1, 0.15) is 12.5 Å². The van der Waals surface area contributed by atoms with E-state index >= 15 is 0 Å². The number of hydrogen-bond donors (Lipinski definition) is 1. The lowest BCUT2D eigenvalue weighted by molar-refractivity contribution is -0.139. The first kappa shape index (κ1) is 15.4. The fourth-order valence-electron chi connectivity index (χ4n) is 2.13. The lowest BCUT2D eigenvalue weighted by Crippen LogP contribution is -2.32. The van der Waals surface area contributed by atoms with Crippen LogP contribution in [0.25, 0.3) is 0 Å². The normalized spacial score (nSPS) is 18.3. The molecule has 0 spiro atoms. The maximum absolute atomic E-state index is 13.6. The summed E-state index contributed by atoms with van der Waals surface area (Å²) < 4.78 is 56.2. The molecule has 0 bridgehead atoms. The topological polar surface area (TPSA) is 50.9 Å². The van der Waals surface area contributed by atoms with E-state index in [0.29, 0.717) is 25.4 Å². The Morgan fingerprint density at radius 2 is 2.14 bits per heavy atom. The van der Waals surface area contributed by atoms with Crippen molar-refractivity contribution < 1.29 is 22.3 Å². The molecule has 1 heterocycles. The first-order valence-electron chi connectivity index (χ1n) is 6.39. The number of hydrogen-bond acceptors (Lipinski definition) is 4. The lowest BCUT2D eigenvalue weighted by atomic mass is 10.1. The molecule has 116 valence electrons. The van der Waals surface area contributed by atoms with Gasteiger partial charge < -0.3 is 15.4 Å². The molecule has 0 fully saturated rings. The van der Waals surface area contributed by atoms with Crippen LogP contribution in [0, 0.1) is 5.82 Å². The molecule has 1 aliphatic heterocycles. The molecule has 0 aliphatic carbocycles. The number of anilines is 1. The molecular weight excluding hydrogens is 290 g/mol. The second kappa shape index (κ2) is 5.79. The van der Waals surface area contributed by atoms with Crippen LogP contribution in [0.3, 0.4) is 0 Å². The summed E-state index contributed by atoms with van der Waals surface area (Å²) in [6, 6.07) is 2.76. The van der Waals surface area contributed by atoms with Gasteiger partial charge in [-0.05, 0) is 25.1 Å². The second-order valence-electron chi connectivity index (χ2n) is 4.63. The summed E-state index contributed by atoms with van der Waals surface area (Å²) in [4.78, 5) is 5.76. The Hall–Kier alpha value is -1.99. The molecule has 2 rings (SSSR count). The molecule has 0 saturated carbocycles. The smallest absolute Gasteiger partial charge is 0.419 e. The Morgan fingerprint density at radius 1 is 1.43 bits per heavy atom. The molecule has 4 nitrogen and oxygen atoms in total. The van der Waals surface area contributed by atoms with E-state index in [1.165, 1.54) is 6.07 Å². The Labute approximate surface area is 119 Å². The van der Waals surface area contributed by atoms with Gasteiger partial charge in [0.15, 0.2) is 0 Å². The number of nitrogens with zero attached hydrogens (tertiary/aromatic N) is 2. The van der Waals surface area contributed by atoms with Crippen molar-refractivity contribution in [3.8, 4) is 0 Å². The molecule has 1 aliphatic rings. The Bertz CT molecular complexity index is 545. The van der Waals surface area contributed by atoms with Gasteiger partial charge >= 0.3 is 6.18 Å². The maximum atomic E-state index is 13.6. The molecule has 1 aromatic carbocycles. The van der Waals surface area contributed by atoms with Gasteiger partial charge in [-0.2, -0.15) is 13.2 Å². The van der Waals surface area contributed by atoms with Gasteiger partial charge in [0.2, 0.25) is 0 Å². The van der Waals surface area contributed by atoms with E-state index in [1.54, 1.807) is 4.90 Å². The molecule has 0 radical (unpaired) electrons. The van der Waals surface area contributed by atoms with E-state index in [2.05, 4.69) is 4.99 Å². The number of halogens is 4. The van der Waals surface area contributed by atoms with Crippen molar-refractivity contribution in [1.29, 1.82) is 0 Å². The molecule has 21 heavy (non-hydrogen) atoms. The van der Waals surface area contributed by atoms with Crippen molar-refractivity contribution >= 4 is 11.7 Å². The highest BCUT2D eigenvalue weighted by Crippen LogP contribution is 2.33. The zero-order valence-electron chi connectivity index (χ0n) is 11.3. The summed E-state index contributed by atoms with van der Waals surface area (Å²) in [5.41, 5.74) is 4.49. The van der Waals surface area contributed by atoms with Gasteiger partial charge in [-0.15, -0.1) is 0 Å². The number of ether oxygens (including phenoxy) is 1. The van der Waals surface area contributed by atoms with Crippen molar-refractivity contribution in [3.05, 3.63) is 29.6 Å². The lowest BCUT2D eigenvalue weighted by Gasteiger charge is -2.25. The van der Waals surface area contributed by atoms with Crippen LogP contribution in [-0.2, 0) is 10.9 Å². The van der Waals surface area contributed by atoms with Crippen LogP contribution in [0.4, 0.5) is 23.2 Å². The fourth-order valence-corrected chi connectivity index (χ4v) is 2.13. The quantitative estimate of drug-likeness (QED) is 0.869. The summed E-state index contributed by atoms with van der Waals surface area (Å²) in [6.45, 7) is 3.02. The number of aliphatic imine (C=N–C) groups is 1. The molecule has 0 amide bonds. The van der Waals surface area contributed by atoms with Gasteiger partial charge in [0, 0.05) is 18.8 Å². The Balaban J connectivity index is 2.17. The van der Waals surface area contributed by atoms with E-state index < -0.39 is 17.6 Å². The summed E-state index contributed by atoms with van der Waals surface area (Å²) >= 11 is 0. The molecule has 2 N–H and O–H groups in total. The monoisotopic (exact) mass is 305 g/mol. The second-order valence-corrected chi connectivity index (χ2v) is 4.63. The van der Waals surface area contributed by atoms with Crippen molar-refractivity contribution in [2.24, 2.45) is 10.7 Å². The van der Waals surface area contributed by atoms with Crippen LogP contribution >= 0.6 is 0 Å². The summed E-state index contributed by atoms with van der Waals surface area (Å²) in [5.74, 6) is -1.29. The summed E-state index contributed by atoms with van der Waals surface area (Å²) in [6.07, 6.45) is -4.70. The van der Waals surface area contributed by atoms with Crippen molar-refractivity contribution in [2.45, 2.75) is 19.1 Å². The number of rotatable bonds is 4. The number of benzene rings is 1. The van der Waals surface area contributed by atoms with Gasteiger partial charge in [-0.3, -0.25) is 0 Å². The van der Waals surface area contributed by atoms with Gasteiger partial charge in [0.25, 0.3) is 6.02 Å².